The maximum absolute atomic E-state index is 12.6. The molecule has 0 heterocycles. The summed E-state index contributed by atoms with van der Waals surface area (Å²) in [6.45, 7) is 15.5. The summed E-state index contributed by atoms with van der Waals surface area (Å²) >= 11 is 0. The Kier molecular flexibility index (Phi) is 5.14. The second kappa shape index (κ2) is 6.88. The second-order valence-electron chi connectivity index (χ2n) is 11.2. The van der Waals surface area contributed by atoms with Crippen molar-refractivity contribution in [2.75, 3.05) is 0 Å². The Morgan fingerprint density at radius 3 is 1.83 bits per heavy atom. The Bertz CT molecular complexity index is 998. The molecule has 30 heavy (non-hydrogen) atoms. The van der Waals surface area contributed by atoms with Gasteiger partial charge >= 0.3 is 0 Å². The minimum Gasteiger partial charge on any atom is -0.382 e. The first-order chi connectivity index (χ1) is 13.6. The maximum Gasteiger partial charge on any atom is 0.193 e. The van der Waals surface area contributed by atoms with Crippen LogP contribution in [0.5, 0.6) is 0 Å². The summed E-state index contributed by atoms with van der Waals surface area (Å²) in [6.07, 6.45) is 0.905. The van der Waals surface area contributed by atoms with Gasteiger partial charge in [-0.3, -0.25) is 9.59 Å². The van der Waals surface area contributed by atoms with Crippen LogP contribution in [0, 0.1) is 5.41 Å². The first kappa shape index (κ1) is 22.4. The molecule has 0 aliphatic heterocycles. The smallest absolute Gasteiger partial charge is 0.193 e. The van der Waals surface area contributed by atoms with Crippen molar-refractivity contribution >= 4 is 11.6 Å². The first-order valence-electron chi connectivity index (χ1n) is 10.6. The molecular weight excluding hydrogens is 372 g/mol. The highest BCUT2D eigenvalue weighted by Gasteiger charge is 2.46. The fourth-order valence-electron chi connectivity index (χ4n) is 4.83. The molecule has 0 radical (unpaired) electrons. The minimum absolute atomic E-state index is 0.111. The molecule has 0 spiro atoms. The molecule has 3 rings (SSSR count). The van der Waals surface area contributed by atoms with Crippen molar-refractivity contribution in [3.05, 3.63) is 70.3 Å². The summed E-state index contributed by atoms with van der Waals surface area (Å²) in [7, 11) is 0. The lowest BCUT2D eigenvalue weighted by Gasteiger charge is -2.29. The van der Waals surface area contributed by atoms with Gasteiger partial charge in [0.15, 0.2) is 11.6 Å². The molecule has 1 unspecified atom stereocenters. The zero-order valence-electron chi connectivity index (χ0n) is 19.5. The lowest BCUT2D eigenvalue weighted by Crippen LogP contribution is -2.31. The van der Waals surface area contributed by atoms with E-state index in [2.05, 4.69) is 32.9 Å². The van der Waals surface area contributed by atoms with Gasteiger partial charge in [-0.25, -0.2) is 0 Å². The molecule has 1 atom stereocenters. The maximum atomic E-state index is 12.6. The van der Waals surface area contributed by atoms with Crippen molar-refractivity contribution in [1.29, 1.82) is 0 Å². The summed E-state index contributed by atoms with van der Waals surface area (Å²) < 4.78 is 0. The summed E-state index contributed by atoms with van der Waals surface area (Å²) in [5.74, 6) is -0.124. The SMILES string of the molecule is CC(C)(C)C(=O)c1ccc(C2(C)CC(C)(C)c3cc(C(=O)C(C)(C)O)ccc32)cc1. The van der Waals surface area contributed by atoms with E-state index in [9.17, 15) is 14.7 Å². The molecule has 0 aromatic heterocycles. The van der Waals surface area contributed by atoms with Crippen LogP contribution in [0.4, 0.5) is 0 Å². The van der Waals surface area contributed by atoms with Gasteiger partial charge in [0.2, 0.25) is 0 Å². The van der Waals surface area contributed by atoms with Gasteiger partial charge in [0.25, 0.3) is 0 Å². The summed E-state index contributed by atoms with van der Waals surface area (Å²) in [5.41, 5.74) is 2.68. The highest BCUT2D eigenvalue weighted by Crippen LogP contribution is 2.53. The molecular formula is C27H34O3. The zero-order valence-corrected chi connectivity index (χ0v) is 19.5. The van der Waals surface area contributed by atoms with Gasteiger partial charge < -0.3 is 5.11 Å². The molecule has 2 aromatic carbocycles. The van der Waals surface area contributed by atoms with E-state index in [1.54, 1.807) is 0 Å². The summed E-state index contributed by atoms with van der Waals surface area (Å²) in [5, 5.41) is 10.1. The van der Waals surface area contributed by atoms with Crippen LogP contribution in [0.25, 0.3) is 0 Å². The molecule has 0 bridgehead atoms. The van der Waals surface area contributed by atoms with Crippen LogP contribution < -0.4 is 0 Å². The molecule has 0 saturated carbocycles. The Hall–Kier alpha value is -2.26. The summed E-state index contributed by atoms with van der Waals surface area (Å²) in [6, 6.07) is 13.8. The van der Waals surface area contributed by atoms with Gasteiger partial charge in [-0.1, -0.05) is 77.9 Å². The van der Waals surface area contributed by atoms with Crippen molar-refractivity contribution in [2.45, 2.75) is 78.2 Å². The van der Waals surface area contributed by atoms with E-state index in [0.29, 0.717) is 5.56 Å². The van der Waals surface area contributed by atoms with Crippen molar-refractivity contribution < 1.29 is 14.7 Å². The van der Waals surface area contributed by atoms with Gasteiger partial charge in [-0.2, -0.15) is 0 Å². The number of benzene rings is 2. The van der Waals surface area contributed by atoms with Crippen LogP contribution >= 0.6 is 0 Å². The molecule has 1 aliphatic carbocycles. The predicted molar refractivity (Wildman–Crippen MR) is 121 cm³/mol. The van der Waals surface area contributed by atoms with Crippen LogP contribution in [0.15, 0.2) is 42.5 Å². The number of rotatable bonds is 4. The standard InChI is InChI=1S/C27H34O3/c1-24(2,3)22(28)17-9-12-19(13-10-17)27(8)16-25(4,5)21-15-18(11-14-20(21)27)23(29)26(6,7)30/h9-15,30H,16H2,1-8H3. The van der Waals surface area contributed by atoms with Crippen LogP contribution in [0.1, 0.15) is 99.2 Å². The third-order valence-corrected chi connectivity index (χ3v) is 6.42. The van der Waals surface area contributed by atoms with Gasteiger partial charge in [0, 0.05) is 22.0 Å². The molecule has 160 valence electrons. The summed E-state index contributed by atoms with van der Waals surface area (Å²) in [4.78, 5) is 25.2. The molecule has 2 aromatic rings. The van der Waals surface area contributed by atoms with E-state index in [4.69, 9.17) is 0 Å². The molecule has 1 N–H and O–H groups in total. The van der Waals surface area contributed by atoms with Crippen molar-refractivity contribution in [3.63, 3.8) is 0 Å². The van der Waals surface area contributed by atoms with E-state index in [-0.39, 0.29) is 22.4 Å². The van der Waals surface area contributed by atoms with Gasteiger partial charge in [-0.15, -0.1) is 0 Å². The van der Waals surface area contributed by atoms with E-state index in [1.807, 2.05) is 51.1 Å². The Balaban J connectivity index is 2.05. The number of aliphatic hydroxyl groups is 1. The number of ketones is 2. The normalized spacial score (nSPS) is 20.7. The lowest BCUT2D eigenvalue weighted by atomic mass is 9.74. The van der Waals surface area contributed by atoms with E-state index in [1.165, 1.54) is 25.0 Å². The number of fused-ring (bicyclic) bond motifs is 1. The van der Waals surface area contributed by atoms with Crippen LogP contribution in [-0.4, -0.2) is 22.3 Å². The Morgan fingerprint density at radius 2 is 1.33 bits per heavy atom. The molecule has 3 heteroatoms. The number of hydrogen-bond acceptors (Lipinski definition) is 3. The third-order valence-electron chi connectivity index (χ3n) is 6.42. The van der Waals surface area contributed by atoms with Gasteiger partial charge in [0.05, 0.1) is 0 Å². The topological polar surface area (TPSA) is 54.4 Å². The molecule has 1 aliphatic rings. The molecule has 0 saturated heterocycles. The Labute approximate surface area is 180 Å². The average Bonchev–Trinajstić information content (AvgIpc) is 2.85. The fraction of sp³-hybridized carbons (Fsp3) is 0.481. The monoisotopic (exact) mass is 406 g/mol. The second-order valence-corrected chi connectivity index (χ2v) is 11.2. The van der Waals surface area contributed by atoms with E-state index >= 15 is 0 Å². The van der Waals surface area contributed by atoms with E-state index in [0.717, 1.165) is 17.5 Å². The van der Waals surface area contributed by atoms with Crippen molar-refractivity contribution in [1.82, 2.24) is 0 Å². The number of hydrogen-bond donors (Lipinski definition) is 1. The van der Waals surface area contributed by atoms with Crippen molar-refractivity contribution in [3.8, 4) is 0 Å². The number of carbonyl (C=O) groups is 2. The van der Waals surface area contributed by atoms with Gasteiger partial charge in [-0.05, 0) is 48.4 Å². The van der Waals surface area contributed by atoms with Crippen LogP contribution in [-0.2, 0) is 10.8 Å². The third kappa shape index (κ3) is 3.76. The van der Waals surface area contributed by atoms with Crippen LogP contribution in [0.3, 0.4) is 0 Å². The highest BCUT2D eigenvalue weighted by atomic mass is 16.3. The number of Topliss-reactive ketones (excluding diaryl/α,β-unsaturated/α-hetero) is 2. The molecule has 3 nitrogen and oxygen atoms in total. The fourth-order valence-corrected chi connectivity index (χ4v) is 4.83. The molecule has 0 fully saturated rings. The van der Waals surface area contributed by atoms with Crippen molar-refractivity contribution in [2.24, 2.45) is 5.41 Å². The predicted octanol–water partition coefficient (Wildman–Crippen LogP) is 5.86. The quantitative estimate of drug-likeness (QED) is 0.647. The average molecular weight is 407 g/mol. The Morgan fingerprint density at radius 1 is 0.800 bits per heavy atom. The van der Waals surface area contributed by atoms with E-state index < -0.39 is 11.0 Å². The van der Waals surface area contributed by atoms with Gasteiger partial charge in [0.1, 0.15) is 5.60 Å². The highest BCUT2D eigenvalue weighted by molar-refractivity contribution is 6.02. The van der Waals surface area contributed by atoms with Crippen LogP contribution in [0.2, 0.25) is 0 Å². The largest absolute Gasteiger partial charge is 0.382 e. The lowest BCUT2D eigenvalue weighted by molar-refractivity contribution is 0.0488. The minimum atomic E-state index is -1.39. The molecule has 0 amide bonds. The number of carbonyl (C=O) groups excluding carboxylic acids is 2. The first-order valence-corrected chi connectivity index (χ1v) is 10.6. The zero-order chi connectivity index (χ0) is 22.7.